The number of nitrogens with zero attached hydrogens (tertiary/aromatic N) is 4. The first-order chi connectivity index (χ1) is 35.2. The van der Waals surface area contributed by atoms with Crippen LogP contribution in [0.4, 0.5) is 4.39 Å². The molecule has 23 heteroatoms. The van der Waals surface area contributed by atoms with E-state index < -0.39 is 77.2 Å². The molecule has 4 aliphatic heterocycles. The van der Waals surface area contributed by atoms with Crippen molar-refractivity contribution in [3.63, 3.8) is 0 Å². The largest absolute Gasteiger partial charge is 0.457 e. The van der Waals surface area contributed by atoms with Crippen LogP contribution in [0.3, 0.4) is 0 Å². The van der Waals surface area contributed by atoms with E-state index in [4.69, 9.17) is 28.7 Å². The number of rotatable bonds is 23. The highest BCUT2D eigenvalue weighted by atomic mass is 19.1. The van der Waals surface area contributed by atoms with E-state index in [2.05, 4.69) is 16.0 Å². The predicted molar refractivity (Wildman–Crippen MR) is 251 cm³/mol. The molecule has 0 saturated carbocycles. The van der Waals surface area contributed by atoms with E-state index in [-0.39, 0.29) is 115 Å². The molecule has 5 aliphatic rings. The first kappa shape index (κ1) is 52.1. The highest BCUT2D eigenvalue weighted by Gasteiger charge is 2.51. The second-order valence-electron chi connectivity index (χ2n) is 18.1. The van der Waals surface area contributed by atoms with Crippen molar-refractivity contribution in [1.29, 1.82) is 0 Å². The van der Waals surface area contributed by atoms with Gasteiger partial charge in [0.2, 0.25) is 29.2 Å². The molecule has 6 amide bonds. The third-order valence-electron chi connectivity index (χ3n) is 13.7. The molecule has 1 fully saturated rings. The molecule has 1 saturated heterocycles. The van der Waals surface area contributed by atoms with E-state index in [9.17, 15) is 47.9 Å². The van der Waals surface area contributed by atoms with Crippen LogP contribution in [0.5, 0.6) is 0 Å². The van der Waals surface area contributed by atoms with Gasteiger partial charge in [0.1, 0.15) is 43.9 Å². The zero-order valence-corrected chi connectivity index (χ0v) is 40.5. The lowest BCUT2D eigenvalue weighted by atomic mass is 9.84. The summed E-state index contributed by atoms with van der Waals surface area (Å²) < 4.78 is 44.3. The Morgan fingerprint density at radius 1 is 0.904 bits per heavy atom. The van der Waals surface area contributed by atoms with Gasteiger partial charge in [0, 0.05) is 60.7 Å². The molecule has 0 bridgehead atoms. The summed E-state index contributed by atoms with van der Waals surface area (Å²) in [5, 5.41) is 8.48. The highest BCUT2D eigenvalue weighted by molar-refractivity contribution is 6.14. The Morgan fingerprint density at radius 3 is 2.34 bits per heavy atom. The maximum Gasteiger partial charge on any atom is 0.355 e. The zero-order chi connectivity index (χ0) is 52.0. The Bertz CT molecular complexity index is 2850. The van der Waals surface area contributed by atoms with Gasteiger partial charge in [-0.25, -0.2) is 14.2 Å². The number of ether oxygens (including phenoxy) is 5. The predicted octanol–water partition coefficient (Wildman–Crippen LogP) is 0.229. The SMILES string of the molecule is CC[C@@]1(OC(=O)CNC(=O)[C@@H]2CCCN2C(=O)[C@H](CC=O)NC(=O)CCOCCOCCOCCNC(=O)CN2C(=O)C=CC2=O)C(=O)OCc2c1cc1n(c2=O)Cc2c-1nc1cc(F)c(C)c3c1c2CCC3. The van der Waals surface area contributed by atoms with E-state index in [0.717, 1.165) is 52.0 Å². The number of aromatic nitrogens is 2. The number of amides is 6. The van der Waals surface area contributed by atoms with Crippen LogP contribution < -0.4 is 21.5 Å². The molecular weight excluding hydrogens is 958 g/mol. The molecule has 73 heavy (non-hydrogen) atoms. The second-order valence-corrected chi connectivity index (χ2v) is 18.1. The number of halogens is 1. The fourth-order valence-electron chi connectivity index (χ4n) is 10.0. The van der Waals surface area contributed by atoms with Gasteiger partial charge in [-0.05, 0) is 68.2 Å². The van der Waals surface area contributed by atoms with Crippen LogP contribution in [0.15, 0.2) is 29.1 Å². The Morgan fingerprint density at radius 2 is 1.62 bits per heavy atom. The smallest absolute Gasteiger partial charge is 0.355 e. The molecule has 0 unspecified atom stereocenters. The van der Waals surface area contributed by atoms with Gasteiger partial charge < -0.3 is 53.9 Å². The van der Waals surface area contributed by atoms with Gasteiger partial charge in [-0.1, -0.05) is 6.92 Å². The van der Waals surface area contributed by atoms with Crippen molar-refractivity contribution in [2.45, 2.75) is 96.1 Å². The number of carbonyl (C=O) groups is 9. The number of aldehydes is 1. The Balaban J connectivity index is 0.794. The van der Waals surface area contributed by atoms with Crippen LogP contribution in [0, 0.1) is 12.7 Å². The molecule has 388 valence electrons. The maximum atomic E-state index is 15.1. The molecule has 3 atom stereocenters. The number of benzene rings is 1. The van der Waals surface area contributed by atoms with Crippen LogP contribution in [0.25, 0.3) is 22.3 Å². The minimum atomic E-state index is -2.06. The summed E-state index contributed by atoms with van der Waals surface area (Å²) in [6.07, 6.45) is 4.87. The molecule has 1 aromatic carbocycles. The number of hydrogen-bond acceptors (Lipinski definition) is 16. The molecule has 8 rings (SSSR count). The summed E-state index contributed by atoms with van der Waals surface area (Å²) in [6, 6.07) is 0.675. The van der Waals surface area contributed by atoms with Crippen molar-refractivity contribution in [3.05, 3.63) is 73.8 Å². The number of nitrogens with one attached hydrogen (secondary N) is 3. The van der Waals surface area contributed by atoms with Gasteiger partial charge in [-0.2, -0.15) is 0 Å². The topological polar surface area (TPSA) is 277 Å². The fraction of sp³-hybridized carbons (Fsp3) is 0.500. The van der Waals surface area contributed by atoms with Crippen molar-refractivity contribution < 1.29 is 71.2 Å². The molecule has 1 aliphatic carbocycles. The molecule has 0 spiro atoms. The molecule has 3 aromatic rings. The van der Waals surface area contributed by atoms with Crippen molar-refractivity contribution in [1.82, 2.24) is 35.3 Å². The average molecular weight is 1010 g/mol. The monoisotopic (exact) mass is 1010 g/mol. The van der Waals surface area contributed by atoms with E-state index in [1.807, 2.05) is 0 Å². The minimum Gasteiger partial charge on any atom is -0.457 e. The summed E-state index contributed by atoms with van der Waals surface area (Å²) >= 11 is 0. The zero-order valence-electron chi connectivity index (χ0n) is 40.5. The summed E-state index contributed by atoms with van der Waals surface area (Å²) in [5.74, 6) is -5.87. The summed E-state index contributed by atoms with van der Waals surface area (Å²) in [6.45, 7) is 3.26. The summed E-state index contributed by atoms with van der Waals surface area (Å²) in [7, 11) is 0. The van der Waals surface area contributed by atoms with Gasteiger partial charge >= 0.3 is 11.9 Å². The van der Waals surface area contributed by atoms with Crippen LogP contribution >= 0.6 is 0 Å². The second kappa shape index (κ2) is 22.7. The normalized spacial score (nSPS) is 18.8. The average Bonchev–Trinajstić information content (AvgIpc) is 4.11. The van der Waals surface area contributed by atoms with Gasteiger partial charge in [0.25, 0.3) is 17.4 Å². The van der Waals surface area contributed by atoms with Gasteiger partial charge in [-0.3, -0.25) is 43.3 Å². The Hall–Kier alpha value is -7.24. The highest BCUT2D eigenvalue weighted by Crippen LogP contribution is 2.44. The van der Waals surface area contributed by atoms with Crippen LogP contribution in [0.1, 0.15) is 78.8 Å². The third-order valence-corrected chi connectivity index (χ3v) is 13.7. The maximum absolute atomic E-state index is 15.1. The number of imide groups is 1. The van der Waals surface area contributed by atoms with Crippen molar-refractivity contribution in [3.8, 4) is 11.4 Å². The van der Waals surface area contributed by atoms with Gasteiger partial charge in [0.15, 0.2) is 0 Å². The number of aryl methyl sites for hydroxylation is 2. The molecule has 6 heterocycles. The molecule has 22 nitrogen and oxygen atoms in total. The summed E-state index contributed by atoms with van der Waals surface area (Å²) in [4.78, 5) is 135. The quantitative estimate of drug-likeness (QED) is 0.0388. The number of hydrogen-bond donors (Lipinski definition) is 3. The van der Waals surface area contributed by atoms with Gasteiger partial charge in [0.05, 0.1) is 68.7 Å². The Labute approximate surface area is 417 Å². The molecule has 3 N–H and O–H groups in total. The van der Waals surface area contributed by atoms with Gasteiger partial charge in [-0.15, -0.1) is 0 Å². The van der Waals surface area contributed by atoms with E-state index in [0.29, 0.717) is 41.6 Å². The number of fused-ring (bicyclic) bond motifs is 5. The number of pyridine rings is 2. The molecule has 0 radical (unpaired) electrons. The van der Waals surface area contributed by atoms with E-state index >= 15 is 4.39 Å². The third kappa shape index (κ3) is 10.8. The van der Waals surface area contributed by atoms with Crippen LogP contribution in [0.2, 0.25) is 0 Å². The van der Waals surface area contributed by atoms with Crippen LogP contribution in [-0.2, 0) is 98.4 Å². The minimum absolute atomic E-state index is 0.0308. The lowest BCUT2D eigenvalue weighted by molar-refractivity contribution is -0.189. The molecule has 2 aromatic heterocycles. The number of cyclic esters (lactones) is 1. The lowest BCUT2D eigenvalue weighted by Crippen LogP contribution is -2.54. The lowest BCUT2D eigenvalue weighted by Gasteiger charge is -2.35. The number of carbonyl (C=O) groups excluding carboxylic acids is 9. The van der Waals surface area contributed by atoms with E-state index in [1.54, 1.807) is 24.5 Å². The van der Waals surface area contributed by atoms with Crippen LogP contribution in [-0.4, -0.2) is 151 Å². The first-order valence-electron chi connectivity index (χ1n) is 24.3. The first-order valence-corrected chi connectivity index (χ1v) is 24.3. The van der Waals surface area contributed by atoms with Crippen molar-refractivity contribution in [2.75, 3.05) is 65.8 Å². The Kier molecular flexibility index (Phi) is 16.2. The molecular formula is C50H56FN7O15. The number of esters is 2. The summed E-state index contributed by atoms with van der Waals surface area (Å²) in [5.41, 5.74) is 2.41. The van der Waals surface area contributed by atoms with Crippen molar-refractivity contribution in [2.24, 2.45) is 0 Å². The standard InChI is InChI=1S/C50H56FN7O15/c1-3-50(33-22-38-45-31(25-57(38)47(66)32(33)27-72-49(50)68)30-7-4-6-29-28(2)34(51)23-36(55-45)44(29)30)73-43(64)24-53-46(65)37-8-5-14-56(37)48(67)35(11-15-59)54-39(60)12-16-69-18-20-71-21-19-70-17-13-52-40(61)26-58-41(62)9-10-42(58)63/h9-10,15,22-23,35,37H,3-8,11-14,16-21,24-27H2,1-2H3,(H,52,61)(H,53,65)(H,54,60)/t35-,37-,50-/m0/s1. The van der Waals surface area contributed by atoms with E-state index in [1.165, 1.54) is 11.0 Å². The van der Waals surface area contributed by atoms with Crippen molar-refractivity contribution >= 4 is 64.6 Å². The fourth-order valence-corrected chi connectivity index (χ4v) is 10.0. The number of likely N-dealkylation sites (tertiary alicyclic amines) is 1.